The maximum atomic E-state index is 12.6. The third-order valence-corrected chi connectivity index (χ3v) is 6.41. The summed E-state index contributed by atoms with van der Waals surface area (Å²) in [6.07, 6.45) is 5.15. The first-order valence-corrected chi connectivity index (χ1v) is 11.4. The van der Waals surface area contributed by atoms with Crippen molar-refractivity contribution in [2.45, 2.75) is 32.1 Å². The van der Waals surface area contributed by atoms with Gasteiger partial charge in [-0.15, -0.1) is 0 Å². The van der Waals surface area contributed by atoms with Crippen LogP contribution in [0.1, 0.15) is 37.7 Å². The number of piperidine rings is 1. The van der Waals surface area contributed by atoms with Gasteiger partial charge in [0.1, 0.15) is 5.75 Å². The van der Waals surface area contributed by atoms with Gasteiger partial charge in [0.15, 0.2) is 0 Å². The molecule has 176 valence electrons. The van der Waals surface area contributed by atoms with Crippen molar-refractivity contribution in [3.63, 3.8) is 0 Å². The first-order chi connectivity index (χ1) is 15.5. The average Bonchev–Trinajstić information content (AvgIpc) is 2.83. The predicted octanol–water partition coefficient (Wildman–Crippen LogP) is 2.45. The molecule has 2 aliphatic rings. The van der Waals surface area contributed by atoms with E-state index in [0.29, 0.717) is 32.0 Å². The number of carboxylic acid groups (broad SMARTS) is 1. The van der Waals surface area contributed by atoms with Crippen LogP contribution < -0.4 is 4.74 Å². The highest BCUT2D eigenvalue weighted by Crippen LogP contribution is 2.32. The van der Waals surface area contributed by atoms with Crippen LogP contribution in [0.5, 0.6) is 5.75 Å². The molecule has 0 aromatic heterocycles. The Bertz CT molecular complexity index is 780. The zero-order valence-corrected chi connectivity index (χ0v) is 18.5. The van der Waals surface area contributed by atoms with Crippen molar-refractivity contribution < 1.29 is 29.6 Å². The lowest BCUT2D eigenvalue weighted by atomic mass is 9.85. The molecule has 0 bridgehead atoms. The van der Waals surface area contributed by atoms with Gasteiger partial charge in [0.05, 0.1) is 19.8 Å². The summed E-state index contributed by atoms with van der Waals surface area (Å²) in [6, 6.07) is 8.01. The lowest BCUT2D eigenvalue weighted by Gasteiger charge is -2.29. The summed E-state index contributed by atoms with van der Waals surface area (Å²) in [5, 5.41) is 27.3. The fraction of sp³-hybridized carbons (Fsp3) is 0.583. The highest BCUT2D eigenvalue weighted by Gasteiger charge is 2.26. The Kier molecular flexibility index (Phi) is 8.93. The second-order valence-electron chi connectivity index (χ2n) is 8.52. The predicted molar refractivity (Wildman–Crippen MR) is 120 cm³/mol. The van der Waals surface area contributed by atoms with Crippen molar-refractivity contribution in [1.82, 2.24) is 9.80 Å². The normalized spacial score (nSPS) is 19.4. The van der Waals surface area contributed by atoms with Crippen molar-refractivity contribution in [2.75, 3.05) is 46.0 Å². The van der Waals surface area contributed by atoms with Crippen molar-refractivity contribution in [3.8, 4) is 5.75 Å². The number of amides is 2. The van der Waals surface area contributed by atoms with Crippen LogP contribution in [-0.2, 0) is 4.79 Å². The number of aliphatic hydroxyl groups is 2. The van der Waals surface area contributed by atoms with Gasteiger partial charge in [-0.25, -0.2) is 4.79 Å². The molecule has 1 heterocycles. The average molecular weight is 447 g/mol. The van der Waals surface area contributed by atoms with Gasteiger partial charge in [-0.1, -0.05) is 18.2 Å². The molecule has 32 heavy (non-hydrogen) atoms. The van der Waals surface area contributed by atoms with Crippen LogP contribution in [0.15, 0.2) is 30.3 Å². The molecule has 1 aromatic carbocycles. The second kappa shape index (κ2) is 11.9. The summed E-state index contributed by atoms with van der Waals surface area (Å²) in [5.74, 6) is 1.08. The van der Waals surface area contributed by atoms with E-state index < -0.39 is 6.09 Å². The number of carbonyl (C=O) groups excluding carboxylic acids is 1. The van der Waals surface area contributed by atoms with Crippen LogP contribution in [-0.4, -0.2) is 83.1 Å². The number of ether oxygens (including phenoxy) is 1. The number of hydrogen-bond acceptors (Lipinski definition) is 5. The fourth-order valence-electron chi connectivity index (χ4n) is 4.42. The monoisotopic (exact) mass is 446 g/mol. The van der Waals surface area contributed by atoms with Crippen molar-refractivity contribution >= 4 is 17.6 Å². The van der Waals surface area contributed by atoms with Crippen LogP contribution in [0.25, 0.3) is 5.57 Å². The highest BCUT2D eigenvalue weighted by atomic mass is 16.5. The fourth-order valence-corrected chi connectivity index (χ4v) is 4.42. The number of hydrogen-bond donors (Lipinski definition) is 3. The van der Waals surface area contributed by atoms with E-state index in [9.17, 15) is 9.59 Å². The topological polar surface area (TPSA) is 111 Å². The zero-order chi connectivity index (χ0) is 22.9. The molecule has 8 heteroatoms. The number of benzene rings is 1. The molecule has 3 rings (SSSR count). The van der Waals surface area contributed by atoms with E-state index >= 15 is 0 Å². The third kappa shape index (κ3) is 6.46. The van der Waals surface area contributed by atoms with Crippen LogP contribution in [0.3, 0.4) is 0 Å². The Hall–Kier alpha value is -2.58. The van der Waals surface area contributed by atoms with E-state index in [4.69, 9.17) is 20.1 Å². The summed E-state index contributed by atoms with van der Waals surface area (Å²) < 4.78 is 5.93. The molecule has 1 aromatic rings. The van der Waals surface area contributed by atoms with Gasteiger partial charge in [0.25, 0.3) is 0 Å². The number of aliphatic hydroxyl groups excluding tert-OH is 2. The SMILES string of the molecule is O=C(O)N1CCC(COc2ccc(C3=CCC(C(=O)N(CCO)CCO)CC3)cc2)CC1. The molecular weight excluding hydrogens is 412 g/mol. The number of rotatable bonds is 9. The highest BCUT2D eigenvalue weighted by molar-refractivity contribution is 5.80. The van der Waals surface area contributed by atoms with Crippen LogP contribution in [0.4, 0.5) is 4.79 Å². The second-order valence-corrected chi connectivity index (χ2v) is 8.52. The van der Waals surface area contributed by atoms with Crippen LogP contribution in [0.2, 0.25) is 0 Å². The minimum absolute atomic E-state index is 0.00124. The smallest absolute Gasteiger partial charge is 0.407 e. The lowest BCUT2D eigenvalue weighted by molar-refractivity contribution is -0.136. The standard InChI is InChI=1S/C24H34N2O6/c27-15-13-25(14-16-28)23(29)21-3-1-19(2-4-21)20-5-7-22(8-6-20)32-17-18-9-11-26(12-10-18)24(30)31/h1,5-8,18,21,27-28H,2-4,9-17H2,(H,30,31). The molecule has 0 radical (unpaired) electrons. The van der Waals surface area contributed by atoms with Gasteiger partial charge in [-0.3, -0.25) is 4.79 Å². The van der Waals surface area contributed by atoms with Crippen molar-refractivity contribution in [2.24, 2.45) is 11.8 Å². The minimum Gasteiger partial charge on any atom is -0.493 e. The van der Waals surface area contributed by atoms with Gasteiger partial charge in [0.2, 0.25) is 5.91 Å². The molecule has 1 unspecified atom stereocenters. The molecule has 8 nitrogen and oxygen atoms in total. The van der Waals surface area contributed by atoms with Crippen LogP contribution in [0, 0.1) is 11.8 Å². The first-order valence-electron chi connectivity index (χ1n) is 11.4. The van der Waals surface area contributed by atoms with E-state index in [0.717, 1.165) is 37.0 Å². The molecule has 3 N–H and O–H groups in total. The largest absolute Gasteiger partial charge is 0.493 e. The van der Waals surface area contributed by atoms with E-state index in [1.807, 2.05) is 24.3 Å². The Morgan fingerprint density at radius 2 is 1.69 bits per heavy atom. The van der Waals surface area contributed by atoms with E-state index in [1.54, 1.807) is 4.90 Å². The van der Waals surface area contributed by atoms with Gasteiger partial charge >= 0.3 is 6.09 Å². The number of carbonyl (C=O) groups is 2. The van der Waals surface area contributed by atoms with Gasteiger partial charge in [-0.2, -0.15) is 0 Å². The van der Waals surface area contributed by atoms with Gasteiger partial charge < -0.3 is 29.9 Å². The maximum Gasteiger partial charge on any atom is 0.407 e. The molecule has 1 atom stereocenters. The number of likely N-dealkylation sites (tertiary alicyclic amines) is 1. The van der Waals surface area contributed by atoms with Crippen molar-refractivity contribution in [1.29, 1.82) is 0 Å². The molecule has 1 fully saturated rings. The Morgan fingerprint density at radius 3 is 2.22 bits per heavy atom. The summed E-state index contributed by atoms with van der Waals surface area (Å²) >= 11 is 0. The summed E-state index contributed by atoms with van der Waals surface area (Å²) in [7, 11) is 0. The third-order valence-electron chi connectivity index (χ3n) is 6.41. The van der Waals surface area contributed by atoms with Gasteiger partial charge in [0, 0.05) is 32.1 Å². The number of nitrogens with zero attached hydrogens (tertiary/aromatic N) is 2. The Morgan fingerprint density at radius 1 is 1.03 bits per heavy atom. The minimum atomic E-state index is -0.847. The summed E-state index contributed by atoms with van der Waals surface area (Å²) in [4.78, 5) is 26.6. The van der Waals surface area contributed by atoms with E-state index in [1.165, 1.54) is 10.5 Å². The first kappa shape index (κ1) is 24.1. The number of allylic oxidation sites excluding steroid dienone is 2. The molecule has 0 saturated carbocycles. The Labute approximate surface area is 189 Å². The summed E-state index contributed by atoms with van der Waals surface area (Å²) in [6.45, 7) is 2.04. The molecule has 0 spiro atoms. The van der Waals surface area contributed by atoms with E-state index in [-0.39, 0.29) is 38.1 Å². The molecule has 1 aliphatic carbocycles. The molecular formula is C24H34N2O6. The van der Waals surface area contributed by atoms with E-state index in [2.05, 4.69) is 6.08 Å². The quantitative estimate of drug-likeness (QED) is 0.537. The Balaban J connectivity index is 1.48. The maximum absolute atomic E-state index is 12.6. The summed E-state index contributed by atoms with van der Waals surface area (Å²) in [5.41, 5.74) is 2.35. The van der Waals surface area contributed by atoms with Gasteiger partial charge in [-0.05, 0) is 61.3 Å². The van der Waals surface area contributed by atoms with Crippen LogP contribution >= 0.6 is 0 Å². The van der Waals surface area contributed by atoms with Crippen molar-refractivity contribution in [3.05, 3.63) is 35.9 Å². The zero-order valence-electron chi connectivity index (χ0n) is 18.5. The molecule has 2 amide bonds. The molecule has 1 aliphatic heterocycles. The lowest BCUT2D eigenvalue weighted by Crippen LogP contribution is -2.40. The molecule has 1 saturated heterocycles.